The standard InChI is InChI=1S/C26H25FN4O/c27-21-10-12-22(13-11-21)31-25(28-24-9-5-4-8-23(24)26(31)32)19-30-16-14-29(15-17-30)18-20-6-2-1-3-7-20/h1-13H,14-19H2. The molecular weight excluding hydrogens is 403 g/mol. The van der Waals surface area contributed by atoms with Gasteiger partial charge in [-0.2, -0.15) is 0 Å². The van der Waals surface area contributed by atoms with Crippen LogP contribution in [0, 0.1) is 5.82 Å². The number of halogens is 1. The Morgan fingerprint density at radius 1 is 0.750 bits per heavy atom. The van der Waals surface area contributed by atoms with Gasteiger partial charge in [0, 0.05) is 32.7 Å². The van der Waals surface area contributed by atoms with Gasteiger partial charge in [-0.1, -0.05) is 42.5 Å². The molecule has 1 aromatic heterocycles. The van der Waals surface area contributed by atoms with Gasteiger partial charge in [-0.05, 0) is 42.0 Å². The summed E-state index contributed by atoms with van der Waals surface area (Å²) in [7, 11) is 0. The third kappa shape index (κ3) is 4.33. The molecule has 32 heavy (non-hydrogen) atoms. The normalized spacial score (nSPS) is 15.3. The van der Waals surface area contributed by atoms with Crippen molar-refractivity contribution in [2.75, 3.05) is 26.2 Å². The van der Waals surface area contributed by atoms with Crippen LogP contribution in [-0.4, -0.2) is 45.5 Å². The van der Waals surface area contributed by atoms with Crippen molar-refractivity contribution in [3.63, 3.8) is 0 Å². The third-order valence-corrected chi connectivity index (χ3v) is 6.01. The minimum atomic E-state index is -0.327. The maximum atomic E-state index is 13.5. The van der Waals surface area contributed by atoms with Crippen molar-refractivity contribution < 1.29 is 4.39 Å². The van der Waals surface area contributed by atoms with Crippen molar-refractivity contribution in [1.82, 2.24) is 19.4 Å². The molecule has 1 aliphatic rings. The molecule has 2 heterocycles. The highest BCUT2D eigenvalue weighted by Gasteiger charge is 2.20. The van der Waals surface area contributed by atoms with E-state index in [1.165, 1.54) is 17.7 Å². The zero-order chi connectivity index (χ0) is 21.9. The van der Waals surface area contributed by atoms with Crippen LogP contribution in [0.1, 0.15) is 11.4 Å². The Morgan fingerprint density at radius 3 is 2.09 bits per heavy atom. The summed E-state index contributed by atoms with van der Waals surface area (Å²) in [6.45, 7) is 5.24. The summed E-state index contributed by atoms with van der Waals surface area (Å²) in [5, 5.41) is 0.563. The number of nitrogens with zero attached hydrogens (tertiary/aromatic N) is 4. The molecule has 4 aromatic rings. The number of fused-ring (bicyclic) bond motifs is 1. The molecule has 1 aliphatic heterocycles. The summed E-state index contributed by atoms with van der Waals surface area (Å²) < 4.78 is 15.1. The highest BCUT2D eigenvalue weighted by molar-refractivity contribution is 5.77. The molecule has 0 aliphatic carbocycles. The van der Waals surface area contributed by atoms with Crippen molar-refractivity contribution in [3.05, 3.63) is 106 Å². The molecule has 6 heteroatoms. The molecule has 0 N–H and O–H groups in total. The van der Waals surface area contributed by atoms with Gasteiger partial charge in [-0.3, -0.25) is 19.2 Å². The lowest BCUT2D eigenvalue weighted by Crippen LogP contribution is -2.46. The number of para-hydroxylation sites is 1. The molecule has 0 unspecified atom stereocenters. The monoisotopic (exact) mass is 428 g/mol. The van der Waals surface area contributed by atoms with E-state index >= 15 is 0 Å². The first-order valence-electron chi connectivity index (χ1n) is 10.9. The fourth-order valence-corrected chi connectivity index (χ4v) is 4.29. The quantitative estimate of drug-likeness (QED) is 0.484. The summed E-state index contributed by atoms with van der Waals surface area (Å²) in [5.74, 6) is 0.350. The summed E-state index contributed by atoms with van der Waals surface area (Å²) in [5.41, 5.74) is 2.52. The average Bonchev–Trinajstić information content (AvgIpc) is 2.82. The molecule has 3 aromatic carbocycles. The maximum absolute atomic E-state index is 13.5. The van der Waals surface area contributed by atoms with E-state index in [0.717, 1.165) is 32.7 Å². The van der Waals surface area contributed by atoms with Crippen molar-refractivity contribution >= 4 is 10.9 Å². The van der Waals surface area contributed by atoms with Crippen LogP contribution in [0.25, 0.3) is 16.6 Å². The van der Waals surface area contributed by atoms with Crippen molar-refractivity contribution in [2.24, 2.45) is 0 Å². The number of aromatic nitrogens is 2. The fraction of sp³-hybridized carbons (Fsp3) is 0.231. The van der Waals surface area contributed by atoms with Gasteiger partial charge in [0.2, 0.25) is 0 Å². The van der Waals surface area contributed by atoms with Gasteiger partial charge in [0.25, 0.3) is 5.56 Å². The Labute approximate surface area is 186 Å². The van der Waals surface area contributed by atoms with E-state index in [9.17, 15) is 9.18 Å². The van der Waals surface area contributed by atoms with Crippen LogP contribution < -0.4 is 5.56 Å². The van der Waals surface area contributed by atoms with E-state index < -0.39 is 0 Å². The molecule has 0 bridgehead atoms. The van der Waals surface area contributed by atoms with Crippen LogP contribution in [-0.2, 0) is 13.1 Å². The average molecular weight is 429 g/mol. The lowest BCUT2D eigenvalue weighted by Gasteiger charge is -2.34. The van der Waals surface area contributed by atoms with Crippen LogP contribution in [0.5, 0.6) is 0 Å². The Kier molecular flexibility index (Phi) is 5.79. The zero-order valence-corrected chi connectivity index (χ0v) is 17.8. The van der Waals surface area contributed by atoms with Crippen molar-refractivity contribution in [3.8, 4) is 5.69 Å². The van der Waals surface area contributed by atoms with Gasteiger partial charge in [-0.25, -0.2) is 9.37 Å². The molecule has 5 rings (SSSR count). The van der Waals surface area contributed by atoms with Crippen molar-refractivity contribution in [1.29, 1.82) is 0 Å². The summed E-state index contributed by atoms with van der Waals surface area (Å²) in [6.07, 6.45) is 0. The predicted molar refractivity (Wildman–Crippen MR) is 124 cm³/mol. The summed E-state index contributed by atoms with van der Waals surface area (Å²) >= 11 is 0. The predicted octanol–water partition coefficient (Wildman–Crippen LogP) is 3.84. The summed E-state index contributed by atoms with van der Waals surface area (Å²) in [4.78, 5) is 22.9. The van der Waals surface area contributed by atoms with Gasteiger partial charge in [-0.15, -0.1) is 0 Å². The van der Waals surface area contributed by atoms with E-state index in [-0.39, 0.29) is 11.4 Å². The van der Waals surface area contributed by atoms with Crippen LogP contribution in [0.3, 0.4) is 0 Å². The Hall–Kier alpha value is -3.35. The highest BCUT2D eigenvalue weighted by Crippen LogP contribution is 2.16. The van der Waals surface area contributed by atoms with Gasteiger partial charge in [0.15, 0.2) is 0 Å². The Morgan fingerprint density at radius 2 is 1.38 bits per heavy atom. The Balaban J connectivity index is 1.40. The molecule has 5 nitrogen and oxygen atoms in total. The molecule has 0 amide bonds. The second-order valence-corrected chi connectivity index (χ2v) is 8.20. The van der Waals surface area contributed by atoms with Crippen LogP contribution in [0.4, 0.5) is 4.39 Å². The SMILES string of the molecule is O=c1c2ccccc2nc(CN2CCN(Cc3ccccc3)CC2)n1-c1ccc(F)cc1. The molecule has 0 radical (unpaired) electrons. The first-order chi connectivity index (χ1) is 15.7. The van der Waals surface area contributed by atoms with E-state index in [1.54, 1.807) is 22.8 Å². The highest BCUT2D eigenvalue weighted by atomic mass is 19.1. The molecule has 0 saturated carbocycles. The van der Waals surface area contributed by atoms with Gasteiger partial charge in [0.05, 0.1) is 23.1 Å². The first-order valence-corrected chi connectivity index (χ1v) is 10.9. The smallest absolute Gasteiger partial charge is 0.266 e. The molecular formula is C26H25FN4O. The second kappa shape index (κ2) is 9.02. The van der Waals surface area contributed by atoms with Crippen molar-refractivity contribution in [2.45, 2.75) is 13.1 Å². The van der Waals surface area contributed by atoms with Crippen LogP contribution in [0.15, 0.2) is 83.7 Å². The number of rotatable bonds is 5. The molecule has 1 saturated heterocycles. The van der Waals surface area contributed by atoms with Gasteiger partial charge < -0.3 is 0 Å². The van der Waals surface area contributed by atoms with Crippen LogP contribution >= 0.6 is 0 Å². The van der Waals surface area contributed by atoms with E-state index in [4.69, 9.17) is 4.98 Å². The largest absolute Gasteiger partial charge is 0.297 e. The molecule has 0 atom stereocenters. The van der Waals surface area contributed by atoms with E-state index in [1.807, 2.05) is 24.3 Å². The Bertz CT molecular complexity index is 1260. The number of hydrogen-bond acceptors (Lipinski definition) is 4. The summed E-state index contributed by atoms with van der Waals surface area (Å²) in [6, 6.07) is 23.9. The lowest BCUT2D eigenvalue weighted by molar-refractivity contribution is 0.119. The van der Waals surface area contributed by atoms with Gasteiger partial charge >= 0.3 is 0 Å². The first kappa shape index (κ1) is 20.5. The number of piperazine rings is 1. The molecule has 162 valence electrons. The third-order valence-electron chi connectivity index (χ3n) is 6.01. The lowest BCUT2D eigenvalue weighted by atomic mass is 10.2. The topological polar surface area (TPSA) is 41.4 Å². The second-order valence-electron chi connectivity index (χ2n) is 8.20. The van der Waals surface area contributed by atoms with Crippen LogP contribution in [0.2, 0.25) is 0 Å². The minimum absolute atomic E-state index is 0.125. The number of benzene rings is 3. The molecule has 1 fully saturated rings. The fourth-order valence-electron chi connectivity index (χ4n) is 4.29. The zero-order valence-electron chi connectivity index (χ0n) is 17.8. The minimum Gasteiger partial charge on any atom is -0.297 e. The number of hydrogen-bond donors (Lipinski definition) is 0. The van der Waals surface area contributed by atoms with E-state index in [2.05, 4.69) is 34.1 Å². The molecule has 0 spiro atoms. The maximum Gasteiger partial charge on any atom is 0.266 e. The van der Waals surface area contributed by atoms with E-state index in [0.29, 0.717) is 29.0 Å². The van der Waals surface area contributed by atoms with Gasteiger partial charge in [0.1, 0.15) is 11.6 Å².